The van der Waals surface area contributed by atoms with Crippen molar-refractivity contribution in [3.05, 3.63) is 0 Å². The Hall–Kier alpha value is -2.13. The first kappa shape index (κ1) is 41.6. The van der Waals surface area contributed by atoms with Gasteiger partial charge in [-0.25, -0.2) is 13.8 Å². The average molecular weight is 738 g/mol. The monoisotopic (exact) mass is 737 g/mol. The fraction of sp³-hybridized carbons (Fsp3) is 0.892. The summed E-state index contributed by atoms with van der Waals surface area (Å²) < 4.78 is 11.0. The molecular formula is C37H67N7O6S. The lowest BCUT2D eigenvalue weighted by molar-refractivity contribution is -0.143. The van der Waals surface area contributed by atoms with Crippen molar-refractivity contribution in [1.82, 2.24) is 35.2 Å². The number of aliphatic hydroxyl groups excluding tert-OH is 1. The standard InChI is InChI=1S/C37H67N7O6S/c1-10-12-25(28(45)31(47)39-24-13-14-24)40-30(46)26-21-37(16-11-15-36(37,8)9)23-44(26)32(48)29(35(5,6)7)42-33(49)41-27(34(2,3)4)22-38-51-43-17-19-50-20-18-43/h24-29,38,45H,10-23H2,1-9H3,(H,39,47)(H,40,46)(H2,41,42,49)/t25?,26-,27-,28?,29?,37-/m0/s1. The Morgan fingerprint density at radius 1 is 0.961 bits per heavy atom. The number of hydrogen-bond acceptors (Lipinski definition) is 9. The van der Waals surface area contributed by atoms with Gasteiger partial charge in [0.15, 0.2) is 6.10 Å². The quantitative estimate of drug-likeness (QED) is 0.147. The van der Waals surface area contributed by atoms with Gasteiger partial charge in [0.2, 0.25) is 11.8 Å². The van der Waals surface area contributed by atoms with E-state index in [-0.39, 0.29) is 40.1 Å². The van der Waals surface area contributed by atoms with E-state index in [0.717, 1.165) is 45.2 Å². The summed E-state index contributed by atoms with van der Waals surface area (Å²) in [6.45, 7) is 22.3. The summed E-state index contributed by atoms with van der Waals surface area (Å²) in [5, 5.41) is 23.0. The molecule has 0 aromatic rings. The average Bonchev–Trinajstić information content (AvgIpc) is 3.69. The van der Waals surface area contributed by atoms with Crippen molar-refractivity contribution in [2.75, 3.05) is 39.4 Å². The first-order valence-electron chi connectivity index (χ1n) is 19.2. The minimum absolute atomic E-state index is 0.0838. The van der Waals surface area contributed by atoms with Crippen molar-refractivity contribution in [1.29, 1.82) is 0 Å². The predicted octanol–water partition coefficient (Wildman–Crippen LogP) is 3.32. The smallest absolute Gasteiger partial charge is 0.315 e. The Kier molecular flexibility index (Phi) is 13.8. The molecule has 2 saturated carbocycles. The number of ether oxygens (including phenoxy) is 1. The second-order valence-corrected chi connectivity index (χ2v) is 19.1. The Bertz CT molecular complexity index is 1230. The van der Waals surface area contributed by atoms with Gasteiger partial charge in [0, 0.05) is 50.4 Å². The Balaban J connectivity index is 1.51. The number of carbonyl (C=O) groups is 4. The molecule has 4 aliphatic rings. The Morgan fingerprint density at radius 3 is 2.18 bits per heavy atom. The highest BCUT2D eigenvalue weighted by atomic mass is 32.2. The maximum Gasteiger partial charge on any atom is 0.315 e. The molecule has 0 radical (unpaired) electrons. The molecule has 6 N–H and O–H groups in total. The maximum absolute atomic E-state index is 14.8. The van der Waals surface area contributed by atoms with Crippen LogP contribution in [0.15, 0.2) is 0 Å². The number of urea groups is 1. The molecule has 5 amide bonds. The minimum Gasteiger partial charge on any atom is -0.381 e. The van der Waals surface area contributed by atoms with Crippen LogP contribution in [0.2, 0.25) is 0 Å². The van der Waals surface area contributed by atoms with Crippen molar-refractivity contribution >= 4 is 35.9 Å². The minimum atomic E-state index is -1.39. The van der Waals surface area contributed by atoms with Gasteiger partial charge in [-0.1, -0.05) is 75.2 Å². The van der Waals surface area contributed by atoms with Crippen molar-refractivity contribution in [2.24, 2.45) is 21.7 Å². The highest BCUT2D eigenvalue weighted by Gasteiger charge is 2.59. The molecule has 6 atom stereocenters. The topological polar surface area (TPSA) is 164 Å². The normalized spacial score (nSPS) is 26.3. The third-order valence-electron chi connectivity index (χ3n) is 11.6. The number of rotatable bonds is 14. The number of likely N-dealkylation sites (tertiary alicyclic amines) is 1. The molecule has 0 aromatic carbocycles. The second kappa shape index (κ2) is 16.9. The third kappa shape index (κ3) is 10.7. The molecule has 292 valence electrons. The molecule has 2 aliphatic carbocycles. The van der Waals surface area contributed by atoms with Crippen molar-refractivity contribution in [3.8, 4) is 0 Å². The summed E-state index contributed by atoms with van der Waals surface area (Å²) in [6, 6.07) is -3.09. The van der Waals surface area contributed by atoms with Gasteiger partial charge in [-0.15, -0.1) is 0 Å². The molecular weight excluding hydrogens is 671 g/mol. The summed E-state index contributed by atoms with van der Waals surface area (Å²) >= 11 is 1.53. The first-order valence-corrected chi connectivity index (χ1v) is 19.9. The molecule has 2 heterocycles. The number of nitrogens with zero attached hydrogens (tertiary/aromatic N) is 2. The SMILES string of the molecule is CCCC(NC(=O)[C@@H]1C[C@@]2(CCCC2(C)C)CN1C(=O)C(NC(=O)N[C@@H](CNSN1CCOCC1)C(C)(C)C)C(C)(C)C)C(O)C(=O)NC1CC1. The number of carbonyl (C=O) groups excluding carboxylic acids is 4. The molecule has 13 nitrogen and oxygen atoms in total. The largest absolute Gasteiger partial charge is 0.381 e. The highest BCUT2D eigenvalue weighted by Crippen LogP contribution is 2.59. The fourth-order valence-corrected chi connectivity index (χ4v) is 8.51. The van der Waals surface area contributed by atoms with Crippen LogP contribution >= 0.6 is 12.1 Å². The van der Waals surface area contributed by atoms with E-state index in [1.165, 1.54) is 12.1 Å². The van der Waals surface area contributed by atoms with Crippen molar-refractivity contribution in [3.63, 3.8) is 0 Å². The molecule has 0 aromatic heterocycles. The van der Waals surface area contributed by atoms with E-state index in [1.807, 2.05) is 27.7 Å². The van der Waals surface area contributed by atoms with Crippen molar-refractivity contribution < 1.29 is 29.0 Å². The third-order valence-corrected chi connectivity index (χ3v) is 12.5. The van der Waals surface area contributed by atoms with Crippen LogP contribution < -0.4 is 26.0 Å². The number of morpholine rings is 1. The molecule has 14 heteroatoms. The van der Waals surface area contributed by atoms with Gasteiger partial charge < -0.3 is 36.0 Å². The molecule has 0 bridgehead atoms. The van der Waals surface area contributed by atoms with Gasteiger partial charge in [0.25, 0.3) is 5.91 Å². The zero-order valence-electron chi connectivity index (χ0n) is 32.7. The molecule has 2 saturated heterocycles. The van der Waals surface area contributed by atoms with E-state index in [4.69, 9.17) is 4.74 Å². The Labute approximate surface area is 310 Å². The van der Waals surface area contributed by atoms with E-state index in [1.54, 1.807) is 4.90 Å². The molecule has 4 fully saturated rings. The van der Waals surface area contributed by atoms with E-state index in [2.05, 4.69) is 64.9 Å². The van der Waals surface area contributed by atoms with Crippen LogP contribution in [0.25, 0.3) is 0 Å². The molecule has 4 rings (SSSR count). The number of nitrogens with one attached hydrogen (secondary N) is 5. The van der Waals surface area contributed by atoms with Gasteiger partial charge >= 0.3 is 6.03 Å². The van der Waals surface area contributed by atoms with E-state index >= 15 is 0 Å². The lowest BCUT2D eigenvalue weighted by Crippen LogP contribution is -2.62. The van der Waals surface area contributed by atoms with Crippen LogP contribution in [0.4, 0.5) is 4.79 Å². The molecule has 2 aliphatic heterocycles. The number of amides is 5. The maximum atomic E-state index is 14.8. The van der Waals surface area contributed by atoms with Crippen LogP contribution in [-0.4, -0.2) is 114 Å². The summed E-state index contributed by atoms with van der Waals surface area (Å²) in [5.41, 5.74) is -1.30. The summed E-state index contributed by atoms with van der Waals surface area (Å²) in [4.78, 5) is 57.3. The van der Waals surface area contributed by atoms with Gasteiger partial charge in [0.1, 0.15) is 12.1 Å². The zero-order valence-corrected chi connectivity index (χ0v) is 33.5. The van der Waals surface area contributed by atoms with Gasteiger partial charge in [0.05, 0.1) is 19.3 Å². The first-order chi connectivity index (χ1) is 23.8. The fourth-order valence-electron chi connectivity index (χ4n) is 7.76. The van der Waals surface area contributed by atoms with E-state index in [0.29, 0.717) is 45.6 Å². The second-order valence-electron chi connectivity index (χ2n) is 18.2. The van der Waals surface area contributed by atoms with Crippen LogP contribution in [0, 0.1) is 21.7 Å². The van der Waals surface area contributed by atoms with Crippen LogP contribution in [0.1, 0.15) is 114 Å². The number of hydrogen-bond donors (Lipinski definition) is 6. The molecule has 51 heavy (non-hydrogen) atoms. The number of aliphatic hydroxyl groups is 1. The molecule has 3 unspecified atom stereocenters. The van der Waals surface area contributed by atoms with Crippen LogP contribution in [0.5, 0.6) is 0 Å². The van der Waals surface area contributed by atoms with Crippen LogP contribution in [-0.2, 0) is 19.1 Å². The van der Waals surface area contributed by atoms with Crippen molar-refractivity contribution in [2.45, 2.75) is 150 Å². The van der Waals surface area contributed by atoms with Crippen LogP contribution in [0.3, 0.4) is 0 Å². The van der Waals surface area contributed by atoms with E-state index < -0.39 is 41.6 Å². The lowest BCUT2D eigenvalue weighted by atomic mass is 9.66. The predicted molar refractivity (Wildman–Crippen MR) is 200 cm³/mol. The van der Waals surface area contributed by atoms with E-state index in [9.17, 15) is 24.3 Å². The molecule has 1 spiro atoms. The zero-order chi connectivity index (χ0) is 37.8. The van der Waals surface area contributed by atoms with Gasteiger partial charge in [-0.2, -0.15) is 0 Å². The summed E-state index contributed by atoms with van der Waals surface area (Å²) in [7, 11) is 0. The Morgan fingerprint density at radius 2 is 1.63 bits per heavy atom. The van der Waals surface area contributed by atoms with Gasteiger partial charge in [-0.05, 0) is 60.2 Å². The van der Waals surface area contributed by atoms with Gasteiger partial charge in [-0.3, -0.25) is 14.4 Å². The lowest BCUT2D eigenvalue weighted by Gasteiger charge is -2.39. The summed E-state index contributed by atoms with van der Waals surface area (Å²) in [5.74, 6) is -1.14. The summed E-state index contributed by atoms with van der Waals surface area (Å²) in [6.07, 6.45) is 4.87. The highest BCUT2D eigenvalue weighted by molar-refractivity contribution is 7.95.